The molecule has 102 valence electrons. The summed E-state index contributed by atoms with van der Waals surface area (Å²) in [7, 11) is -3.59. The van der Waals surface area contributed by atoms with Gasteiger partial charge in [-0.25, -0.2) is 13.1 Å². The molecule has 0 amide bonds. The fourth-order valence-electron chi connectivity index (χ4n) is 1.54. The second-order valence-corrected chi connectivity index (χ2v) is 7.16. The molecule has 0 aliphatic carbocycles. The summed E-state index contributed by atoms with van der Waals surface area (Å²) in [5.74, 6) is 0. The van der Waals surface area contributed by atoms with Gasteiger partial charge in [0, 0.05) is 10.5 Å². The van der Waals surface area contributed by atoms with Gasteiger partial charge in [-0.1, -0.05) is 11.6 Å². The first-order chi connectivity index (χ1) is 8.22. The third-order valence-corrected chi connectivity index (χ3v) is 5.05. The van der Waals surface area contributed by atoms with E-state index in [-0.39, 0.29) is 10.9 Å². The van der Waals surface area contributed by atoms with Crippen molar-refractivity contribution >= 4 is 37.6 Å². The van der Waals surface area contributed by atoms with Crippen molar-refractivity contribution in [2.75, 3.05) is 0 Å². The highest BCUT2D eigenvalue weighted by Gasteiger charge is 2.19. The molecule has 7 heteroatoms. The first-order valence-electron chi connectivity index (χ1n) is 5.38. The minimum Gasteiger partial charge on any atom is -0.393 e. The SMILES string of the molecule is CC(O)CC(C)NS(=O)(=O)c1ccc(Cl)c(Br)c1. The van der Waals surface area contributed by atoms with Gasteiger partial charge in [0.1, 0.15) is 0 Å². The van der Waals surface area contributed by atoms with E-state index < -0.39 is 16.1 Å². The highest BCUT2D eigenvalue weighted by atomic mass is 79.9. The molecule has 0 spiro atoms. The molecule has 0 bridgehead atoms. The first kappa shape index (κ1) is 15.9. The Morgan fingerprint density at radius 2 is 2.06 bits per heavy atom. The maximum atomic E-state index is 12.0. The van der Waals surface area contributed by atoms with E-state index in [4.69, 9.17) is 11.6 Å². The number of sulfonamides is 1. The lowest BCUT2D eigenvalue weighted by Gasteiger charge is -2.15. The van der Waals surface area contributed by atoms with Gasteiger partial charge in [0.2, 0.25) is 10.0 Å². The van der Waals surface area contributed by atoms with Crippen molar-refractivity contribution in [2.24, 2.45) is 0 Å². The van der Waals surface area contributed by atoms with Crippen LogP contribution in [-0.4, -0.2) is 25.7 Å². The van der Waals surface area contributed by atoms with Crippen LogP contribution < -0.4 is 4.72 Å². The lowest BCUT2D eigenvalue weighted by atomic mass is 10.2. The lowest BCUT2D eigenvalue weighted by Crippen LogP contribution is -2.34. The molecule has 2 unspecified atom stereocenters. The molecule has 0 aliphatic heterocycles. The summed E-state index contributed by atoms with van der Waals surface area (Å²) >= 11 is 8.99. The number of hydrogen-bond acceptors (Lipinski definition) is 3. The standard InChI is InChI=1S/C11H15BrClNO3S/c1-7(5-8(2)15)14-18(16,17)9-3-4-11(13)10(12)6-9/h3-4,6-8,14-15H,5H2,1-2H3. The van der Waals surface area contributed by atoms with Gasteiger partial charge < -0.3 is 5.11 Å². The van der Waals surface area contributed by atoms with Crippen LogP contribution in [0.4, 0.5) is 0 Å². The number of halogens is 2. The Morgan fingerprint density at radius 1 is 1.44 bits per heavy atom. The van der Waals surface area contributed by atoms with Crippen LogP contribution >= 0.6 is 27.5 Å². The van der Waals surface area contributed by atoms with Crippen LogP contribution in [-0.2, 0) is 10.0 Å². The summed E-state index contributed by atoms with van der Waals surface area (Å²) in [5.41, 5.74) is 0. The Hall–Kier alpha value is -0.140. The lowest BCUT2D eigenvalue weighted by molar-refractivity contribution is 0.175. The largest absolute Gasteiger partial charge is 0.393 e. The quantitative estimate of drug-likeness (QED) is 0.852. The van der Waals surface area contributed by atoms with E-state index in [1.54, 1.807) is 13.8 Å². The predicted molar refractivity (Wildman–Crippen MR) is 75.2 cm³/mol. The summed E-state index contributed by atoms with van der Waals surface area (Å²) in [6.07, 6.45) is -0.201. The van der Waals surface area contributed by atoms with Gasteiger partial charge in [-0.2, -0.15) is 0 Å². The number of rotatable bonds is 5. The highest BCUT2D eigenvalue weighted by Crippen LogP contribution is 2.25. The monoisotopic (exact) mass is 355 g/mol. The molecule has 1 rings (SSSR count). The van der Waals surface area contributed by atoms with E-state index in [2.05, 4.69) is 20.7 Å². The van der Waals surface area contributed by atoms with Gasteiger partial charge in [-0.3, -0.25) is 0 Å². The number of aliphatic hydroxyl groups excluding tert-OH is 1. The van der Waals surface area contributed by atoms with Crippen LogP contribution in [0.2, 0.25) is 5.02 Å². The van der Waals surface area contributed by atoms with Crippen LogP contribution in [0.3, 0.4) is 0 Å². The van der Waals surface area contributed by atoms with Crippen molar-refractivity contribution < 1.29 is 13.5 Å². The van der Waals surface area contributed by atoms with Gasteiger partial charge in [0.15, 0.2) is 0 Å². The first-order valence-corrected chi connectivity index (χ1v) is 8.03. The van der Waals surface area contributed by atoms with Gasteiger partial charge in [-0.05, 0) is 54.4 Å². The zero-order valence-corrected chi connectivity index (χ0v) is 13.2. The van der Waals surface area contributed by atoms with Crippen molar-refractivity contribution in [3.63, 3.8) is 0 Å². The van der Waals surface area contributed by atoms with Crippen molar-refractivity contribution in [3.05, 3.63) is 27.7 Å². The molecule has 2 N–H and O–H groups in total. The molecule has 0 fully saturated rings. The van der Waals surface area contributed by atoms with Gasteiger partial charge in [0.05, 0.1) is 16.0 Å². The average Bonchev–Trinajstić information content (AvgIpc) is 2.19. The Bertz CT molecular complexity index is 519. The van der Waals surface area contributed by atoms with E-state index in [0.29, 0.717) is 15.9 Å². The number of hydrogen-bond donors (Lipinski definition) is 2. The van der Waals surface area contributed by atoms with E-state index in [1.807, 2.05) is 0 Å². The second kappa shape index (κ2) is 6.34. The average molecular weight is 357 g/mol. The molecular formula is C11H15BrClNO3S. The normalized spacial score (nSPS) is 15.4. The molecule has 0 aromatic heterocycles. The van der Waals surface area contributed by atoms with Crippen molar-refractivity contribution in [3.8, 4) is 0 Å². The molecule has 1 aromatic rings. The summed E-state index contributed by atoms with van der Waals surface area (Å²) in [6, 6.07) is 4.05. The van der Waals surface area contributed by atoms with Crippen molar-refractivity contribution in [2.45, 2.75) is 37.3 Å². The Labute approximate surface area is 121 Å². The highest BCUT2D eigenvalue weighted by molar-refractivity contribution is 9.10. The van der Waals surface area contributed by atoms with E-state index in [9.17, 15) is 13.5 Å². The maximum absolute atomic E-state index is 12.0. The van der Waals surface area contributed by atoms with Crippen LogP contribution in [0.1, 0.15) is 20.3 Å². The van der Waals surface area contributed by atoms with Gasteiger partial charge >= 0.3 is 0 Å². The molecule has 2 atom stereocenters. The summed E-state index contributed by atoms with van der Waals surface area (Å²) in [4.78, 5) is 0.135. The number of nitrogens with one attached hydrogen (secondary N) is 1. The van der Waals surface area contributed by atoms with Crippen molar-refractivity contribution in [1.29, 1.82) is 0 Å². The third-order valence-electron chi connectivity index (χ3n) is 2.25. The maximum Gasteiger partial charge on any atom is 0.240 e. The number of aliphatic hydroxyl groups is 1. The topological polar surface area (TPSA) is 66.4 Å². The molecule has 0 saturated heterocycles. The van der Waals surface area contributed by atoms with E-state index >= 15 is 0 Å². The third kappa shape index (κ3) is 4.51. The van der Waals surface area contributed by atoms with Crippen LogP contribution in [0.25, 0.3) is 0 Å². The van der Waals surface area contributed by atoms with Crippen LogP contribution in [0.5, 0.6) is 0 Å². The molecule has 1 aromatic carbocycles. The summed E-state index contributed by atoms with van der Waals surface area (Å²) in [5, 5.41) is 9.66. The molecule has 18 heavy (non-hydrogen) atoms. The van der Waals surface area contributed by atoms with E-state index in [0.717, 1.165) is 0 Å². The summed E-state index contributed by atoms with van der Waals surface area (Å²) < 4.78 is 27.1. The zero-order valence-electron chi connectivity index (χ0n) is 10.0. The van der Waals surface area contributed by atoms with Crippen molar-refractivity contribution in [1.82, 2.24) is 4.72 Å². The molecule has 0 heterocycles. The molecule has 0 aliphatic rings. The minimum absolute atomic E-state index is 0.135. The Kier molecular flexibility index (Phi) is 5.61. The fraction of sp³-hybridized carbons (Fsp3) is 0.455. The van der Waals surface area contributed by atoms with Crippen LogP contribution in [0.15, 0.2) is 27.6 Å². The molecule has 4 nitrogen and oxygen atoms in total. The predicted octanol–water partition coefficient (Wildman–Crippen LogP) is 2.54. The molecule has 0 radical (unpaired) electrons. The Balaban J connectivity index is 2.89. The van der Waals surface area contributed by atoms with Gasteiger partial charge in [-0.15, -0.1) is 0 Å². The van der Waals surface area contributed by atoms with Gasteiger partial charge in [0.25, 0.3) is 0 Å². The summed E-state index contributed by atoms with van der Waals surface area (Å²) in [6.45, 7) is 3.32. The number of benzene rings is 1. The smallest absolute Gasteiger partial charge is 0.240 e. The molecule has 0 saturated carbocycles. The molecular weight excluding hydrogens is 342 g/mol. The zero-order chi connectivity index (χ0) is 13.9. The Morgan fingerprint density at radius 3 is 2.56 bits per heavy atom. The van der Waals surface area contributed by atoms with Crippen LogP contribution in [0, 0.1) is 0 Å². The second-order valence-electron chi connectivity index (χ2n) is 4.18. The van der Waals surface area contributed by atoms with E-state index in [1.165, 1.54) is 18.2 Å². The minimum atomic E-state index is -3.59. The fourth-order valence-corrected chi connectivity index (χ4v) is 3.47.